The summed E-state index contributed by atoms with van der Waals surface area (Å²) in [7, 11) is 0. The van der Waals surface area contributed by atoms with Crippen molar-refractivity contribution >= 4 is 0 Å². The van der Waals surface area contributed by atoms with Crippen LogP contribution in [0.1, 0.15) is 81.8 Å². The Morgan fingerprint density at radius 3 is 2.78 bits per heavy atom. The predicted molar refractivity (Wildman–Crippen MR) is 92.4 cm³/mol. The third kappa shape index (κ3) is 4.55. The molecule has 1 unspecified atom stereocenters. The number of nitrogens with two attached hydrogens (primary N) is 1. The summed E-state index contributed by atoms with van der Waals surface area (Å²) in [6.07, 6.45) is 12.0. The smallest absolute Gasteiger partial charge is 0.123 e. The highest BCUT2D eigenvalue weighted by Crippen LogP contribution is 2.33. The van der Waals surface area contributed by atoms with Gasteiger partial charge in [-0.25, -0.2) is 4.98 Å². The van der Waals surface area contributed by atoms with Crippen molar-refractivity contribution in [3.8, 4) is 0 Å². The minimum Gasteiger partial charge on any atom is -0.379 e. The zero-order chi connectivity index (χ0) is 16.1. The Labute approximate surface area is 139 Å². The van der Waals surface area contributed by atoms with Crippen LogP contribution in [0.5, 0.6) is 0 Å². The van der Waals surface area contributed by atoms with Gasteiger partial charge in [-0.15, -0.1) is 0 Å². The van der Waals surface area contributed by atoms with Crippen LogP contribution in [0.4, 0.5) is 0 Å². The SMILES string of the molecule is CCOC1CCC(c2cnc([C@@H](N)CC3CCCCN3)[nH]2)CC1. The quantitative estimate of drug-likeness (QED) is 0.753. The van der Waals surface area contributed by atoms with Crippen LogP contribution in [-0.4, -0.2) is 35.3 Å². The number of nitrogens with zero attached hydrogens (tertiary/aromatic N) is 1. The Kier molecular flexibility index (Phi) is 6.08. The lowest BCUT2D eigenvalue weighted by Crippen LogP contribution is -2.36. The van der Waals surface area contributed by atoms with Crippen LogP contribution in [0.15, 0.2) is 6.20 Å². The fourth-order valence-electron chi connectivity index (χ4n) is 4.07. The molecule has 5 heteroatoms. The van der Waals surface area contributed by atoms with Crippen molar-refractivity contribution in [2.24, 2.45) is 5.73 Å². The summed E-state index contributed by atoms with van der Waals surface area (Å²) in [6, 6.07) is 0.563. The number of piperidine rings is 1. The third-order valence-corrected chi connectivity index (χ3v) is 5.43. The molecule has 2 fully saturated rings. The molecule has 2 heterocycles. The van der Waals surface area contributed by atoms with E-state index in [9.17, 15) is 0 Å². The van der Waals surface area contributed by atoms with Crippen LogP contribution in [0, 0.1) is 0 Å². The molecule has 23 heavy (non-hydrogen) atoms. The lowest BCUT2D eigenvalue weighted by atomic mass is 9.85. The Balaban J connectivity index is 1.51. The first kappa shape index (κ1) is 16.9. The second-order valence-electron chi connectivity index (χ2n) is 7.14. The first-order chi connectivity index (χ1) is 11.3. The van der Waals surface area contributed by atoms with E-state index in [4.69, 9.17) is 10.5 Å². The fraction of sp³-hybridized carbons (Fsp3) is 0.833. The van der Waals surface area contributed by atoms with E-state index in [1.165, 1.54) is 37.8 Å². The van der Waals surface area contributed by atoms with Crippen LogP contribution in [-0.2, 0) is 4.74 Å². The summed E-state index contributed by atoms with van der Waals surface area (Å²) in [5.41, 5.74) is 7.64. The number of nitrogens with one attached hydrogen (secondary N) is 2. The maximum atomic E-state index is 6.38. The molecule has 0 bridgehead atoms. The van der Waals surface area contributed by atoms with Crippen molar-refractivity contribution in [2.45, 2.75) is 82.4 Å². The van der Waals surface area contributed by atoms with Crippen LogP contribution in [0.3, 0.4) is 0 Å². The second kappa shape index (κ2) is 8.27. The number of imidazole rings is 1. The average Bonchev–Trinajstić information content (AvgIpc) is 3.07. The number of aromatic amines is 1. The first-order valence-electron chi connectivity index (χ1n) is 9.41. The van der Waals surface area contributed by atoms with E-state index < -0.39 is 0 Å². The maximum Gasteiger partial charge on any atom is 0.123 e. The fourth-order valence-corrected chi connectivity index (χ4v) is 4.07. The molecule has 130 valence electrons. The van der Waals surface area contributed by atoms with Gasteiger partial charge in [-0.05, 0) is 58.4 Å². The summed E-state index contributed by atoms with van der Waals surface area (Å²) >= 11 is 0. The standard InChI is InChI=1S/C18H32N4O/c1-2-23-15-8-6-13(7-9-15)17-12-21-18(22-17)16(19)11-14-5-3-4-10-20-14/h12-16,20H,2-11,19H2,1H3,(H,21,22)/t13?,14?,15?,16-/m0/s1. The van der Waals surface area contributed by atoms with Gasteiger partial charge in [0.15, 0.2) is 0 Å². The summed E-state index contributed by atoms with van der Waals surface area (Å²) in [6.45, 7) is 4.03. The monoisotopic (exact) mass is 320 g/mol. The van der Waals surface area contributed by atoms with Crippen LogP contribution < -0.4 is 11.1 Å². The highest BCUT2D eigenvalue weighted by Gasteiger charge is 2.25. The predicted octanol–water partition coefficient (Wildman–Crippen LogP) is 3.00. The van der Waals surface area contributed by atoms with E-state index in [0.29, 0.717) is 18.1 Å². The molecule has 3 rings (SSSR count). The molecule has 1 aliphatic heterocycles. The Morgan fingerprint density at radius 1 is 1.26 bits per heavy atom. The van der Waals surface area contributed by atoms with Gasteiger partial charge in [-0.2, -0.15) is 0 Å². The van der Waals surface area contributed by atoms with E-state index in [0.717, 1.165) is 38.2 Å². The summed E-state index contributed by atoms with van der Waals surface area (Å²) in [5.74, 6) is 1.55. The number of ether oxygens (including phenoxy) is 1. The lowest BCUT2D eigenvalue weighted by Gasteiger charge is -2.27. The van der Waals surface area contributed by atoms with Crippen molar-refractivity contribution in [1.82, 2.24) is 15.3 Å². The summed E-state index contributed by atoms with van der Waals surface area (Å²) < 4.78 is 5.74. The van der Waals surface area contributed by atoms with Crippen molar-refractivity contribution in [3.63, 3.8) is 0 Å². The Hall–Kier alpha value is -0.910. The minimum absolute atomic E-state index is 0.0131. The minimum atomic E-state index is 0.0131. The van der Waals surface area contributed by atoms with E-state index in [2.05, 4.69) is 22.2 Å². The van der Waals surface area contributed by atoms with Crippen LogP contribution in [0.2, 0.25) is 0 Å². The van der Waals surface area contributed by atoms with Gasteiger partial charge < -0.3 is 20.8 Å². The normalized spacial score (nSPS) is 30.3. The molecule has 1 aliphatic carbocycles. The molecule has 0 spiro atoms. The van der Waals surface area contributed by atoms with Gasteiger partial charge in [0.05, 0.1) is 12.1 Å². The Bertz CT molecular complexity index is 461. The lowest BCUT2D eigenvalue weighted by molar-refractivity contribution is 0.0325. The molecule has 1 aromatic rings. The van der Waals surface area contributed by atoms with Gasteiger partial charge in [0.2, 0.25) is 0 Å². The topological polar surface area (TPSA) is 76.0 Å². The van der Waals surface area contributed by atoms with Gasteiger partial charge in [-0.3, -0.25) is 0 Å². The van der Waals surface area contributed by atoms with Crippen molar-refractivity contribution in [2.75, 3.05) is 13.2 Å². The number of hydrogen-bond acceptors (Lipinski definition) is 4. The first-order valence-corrected chi connectivity index (χ1v) is 9.41. The van der Waals surface area contributed by atoms with Gasteiger partial charge >= 0.3 is 0 Å². The van der Waals surface area contributed by atoms with Crippen molar-refractivity contribution in [3.05, 3.63) is 17.7 Å². The van der Waals surface area contributed by atoms with Crippen molar-refractivity contribution < 1.29 is 4.74 Å². The van der Waals surface area contributed by atoms with E-state index in [1.807, 2.05) is 6.20 Å². The molecule has 5 nitrogen and oxygen atoms in total. The molecule has 2 aliphatic rings. The summed E-state index contributed by atoms with van der Waals surface area (Å²) in [5, 5.41) is 3.57. The summed E-state index contributed by atoms with van der Waals surface area (Å²) in [4.78, 5) is 8.09. The second-order valence-corrected chi connectivity index (χ2v) is 7.14. The molecular formula is C18H32N4O. The van der Waals surface area contributed by atoms with E-state index >= 15 is 0 Å². The van der Waals surface area contributed by atoms with Gasteiger partial charge in [-0.1, -0.05) is 6.42 Å². The van der Waals surface area contributed by atoms with Crippen LogP contribution >= 0.6 is 0 Å². The van der Waals surface area contributed by atoms with Gasteiger partial charge in [0.25, 0.3) is 0 Å². The number of aromatic nitrogens is 2. The average molecular weight is 320 g/mol. The molecular weight excluding hydrogens is 288 g/mol. The highest BCUT2D eigenvalue weighted by molar-refractivity contribution is 5.11. The van der Waals surface area contributed by atoms with E-state index in [-0.39, 0.29) is 6.04 Å². The molecule has 2 atom stereocenters. The number of rotatable bonds is 6. The number of H-pyrrole nitrogens is 1. The molecule has 0 aromatic carbocycles. The Morgan fingerprint density at radius 2 is 2.09 bits per heavy atom. The highest BCUT2D eigenvalue weighted by atomic mass is 16.5. The maximum absolute atomic E-state index is 6.38. The largest absolute Gasteiger partial charge is 0.379 e. The van der Waals surface area contributed by atoms with Gasteiger partial charge in [0.1, 0.15) is 5.82 Å². The molecule has 1 saturated carbocycles. The number of hydrogen-bond donors (Lipinski definition) is 3. The van der Waals surface area contributed by atoms with Gasteiger partial charge in [0, 0.05) is 30.5 Å². The molecule has 0 radical (unpaired) electrons. The van der Waals surface area contributed by atoms with Crippen molar-refractivity contribution in [1.29, 1.82) is 0 Å². The molecule has 0 amide bonds. The molecule has 1 aromatic heterocycles. The molecule has 4 N–H and O–H groups in total. The zero-order valence-electron chi connectivity index (χ0n) is 14.4. The third-order valence-electron chi connectivity index (χ3n) is 5.43. The van der Waals surface area contributed by atoms with Crippen LogP contribution in [0.25, 0.3) is 0 Å². The zero-order valence-corrected chi connectivity index (χ0v) is 14.4. The van der Waals surface area contributed by atoms with E-state index in [1.54, 1.807) is 0 Å². The molecule has 1 saturated heterocycles.